The molecule has 0 aromatic heterocycles. The summed E-state index contributed by atoms with van der Waals surface area (Å²) in [5.74, 6) is -0.614. The molecule has 2 aliphatic heterocycles. The first kappa shape index (κ1) is 7.67. The van der Waals surface area contributed by atoms with E-state index >= 15 is 0 Å². The number of hydrogen-bond donors (Lipinski definition) is 0. The van der Waals surface area contributed by atoms with Crippen molar-refractivity contribution in [2.24, 2.45) is 4.99 Å². The number of nitrogens with zero attached hydrogens (tertiary/aromatic N) is 2. The zero-order chi connectivity index (χ0) is 9.42. The lowest BCUT2D eigenvalue weighted by Crippen LogP contribution is -2.39. The average molecular weight is 174 g/mol. The van der Waals surface area contributed by atoms with Gasteiger partial charge in [-0.1, -0.05) is 12.7 Å². The van der Waals surface area contributed by atoms with Crippen molar-refractivity contribution in [2.75, 3.05) is 0 Å². The first-order valence-corrected chi connectivity index (χ1v) is 3.70. The van der Waals surface area contributed by atoms with Crippen molar-refractivity contribution in [1.29, 1.82) is 0 Å². The molecular formula is C9H6N2O2. The van der Waals surface area contributed by atoms with E-state index in [2.05, 4.69) is 11.6 Å². The summed E-state index contributed by atoms with van der Waals surface area (Å²) in [6.07, 6.45) is 6.56. The van der Waals surface area contributed by atoms with Crippen molar-refractivity contribution in [2.45, 2.75) is 0 Å². The van der Waals surface area contributed by atoms with Crippen molar-refractivity contribution in [3.8, 4) is 0 Å². The van der Waals surface area contributed by atoms with Gasteiger partial charge in [0.05, 0.1) is 0 Å². The van der Waals surface area contributed by atoms with Crippen LogP contribution in [0, 0.1) is 0 Å². The number of carbonyl (C=O) groups is 2. The van der Waals surface area contributed by atoms with E-state index in [9.17, 15) is 9.59 Å². The van der Waals surface area contributed by atoms with Gasteiger partial charge >= 0.3 is 0 Å². The second-order valence-electron chi connectivity index (χ2n) is 2.63. The summed E-state index contributed by atoms with van der Waals surface area (Å²) < 4.78 is 0. The number of fused-ring (bicyclic) bond motifs is 1. The van der Waals surface area contributed by atoms with E-state index in [0.29, 0.717) is 5.84 Å². The minimum atomic E-state index is -0.559. The SMILES string of the molecule is C=C1C(=O)N=C2C=CC=CN2C1=O. The van der Waals surface area contributed by atoms with Crippen LogP contribution in [-0.4, -0.2) is 22.5 Å². The lowest BCUT2D eigenvalue weighted by molar-refractivity contribution is -0.126. The van der Waals surface area contributed by atoms with Crippen LogP contribution in [0.1, 0.15) is 0 Å². The number of rotatable bonds is 0. The van der Waals surface area contributed by atoms with Gasteiger partial charge in [-0.05, 0) is 12.2 Å². The van der Waals surface area contributed by atoms with Crippen LogP contribution in [0.2, 0.25) is 0 Å². The lowest BCUT2D eigenvalue weighted by atomic mass is 10.2. The van der Waals surface area contributed by atoms with Gasteiger partial charge in [-0.3, -0.25) is 14.5 Å². The molecular weight excluding hydrogens is 168 g/mol. The fraction of sp³-hybridized carbons (Fsp3) is 0. The number of aliphatic imine (C=N–C) groups is 1. The zero-order valence-corrected chi connectivity index (χ0v) is 6.73. The Morgan fingerprint density at radius 3 is 2.85 bits per heavy atom. The summed E-state index contributed by atoms with van der Waals surface area (Å²) in [5, 5.41) is 0. The molecule has 64 valence electrons. The maximum absolute atomic E-state index is 11.4. The Labute approximate surface area is 74.6 Å². The largest absolute Gasteiger partial charge is 0.283 e. The van der Waals surface area contributed by atoms with Crippen LogP contribution >= 0.6 is 0 Å². The van der Waals surface area contributed by atoms with Gasteiger partial charge in [-0.25, -0.2) is 0 Å². The summed E-state index contributed by atoms with van der Waals surface area (Å²) in [4.78, 5) is 27.5. The zero-order valence-electron chi connectivity index (χ0n) is 6.73. The molecule has 0 unspecified atom stereocenters. The highest BCUT2D eigenvalue weighted by molar-refractivity contribution is 6.30. The predicted octanol–water partition coefficient (Wildman–Crippen LogP) is 0.393. The Balaban J connectivity index is 2.52. The smallest absolute Gasteiger partial charge is 0.268 e. The van der Waals surface area contributed by atoms with Crippen LogP contribution < -0.4 is 0 Å². The number of hydrogen-bond acceptors (Lipinski definition) is 2. The Kier molecular flexibility index (Phi) is 1.48. The molecule has 2 aliphatic rings. The van der Waals surface area contributed by atoms with Crippen molar-refractivity contribution in [3.63, 3.8) is 0 Å². The summed E-state index contributed by atoms with van der Waals surface area (Å²) >= 11 is 0. The highest BCUT2D eigenvalue weighted by Crippen LogP contribution is 2.14. The first-order chi connectivity index (χ1) is 6.20. The molecule has 0 aromatic rings. The molecule has 0 N–H and O–H groups in total. The fourth-order valence-corrected chi connectivity index (χ4v) is 1.11. The van der Waals surface area contributed by atoms with Crippen LogP contribution in [0.15, 0.2) is 41.6 Å². The third-order valence-corrected chi connectivity index (χ3v) is 1.79. The first-order valence-electron chi connectivity index (χ1n) is 3.70. The van der Waals surface area contributed by atoms with Crippen LogP contribution in [0.25, 0.3) is 0 Å². The number of amidine groups is 1. The van der Waals surface area contributed by atoms with Gasteiger partial charge in [0.15, 0.2) is 0 Å². The van der Waals surface area contributed by atoms with E-state index in [4.69, 9.17) is 0 Å². The fourth-order valence-electron chi connectivity index (χ4n) is 1.11. The molecule has 2 heterocycles. The number of amides is 2. The standard InChI is InChI=1S/C9H6N2O2/c1-6-8(12)10-7-4-2-3-5-11(7)9(6)13/h2-5H,1H2. The second-order valence-corrected chi connectivity index (χ2v) is 2.63. The van der Waals surface area contributed by atoms with Gasteiger partial charge in [0.2, 0.25) is 0 Å². The summed E-state index contributed by atoms with van der Waals surface area (Å²) in [6, 6.07) is 0. The second kappa shape index (κ2) is 2.52. The van der Waals surface area contributed by atoms with Gasteiger partial charge in [0.1, 0.15) is 11.4 Å². The lowest BCUT2D eigenvalue weighted by Gasteiger charge is -2.23. The van der Waals surface area contributed by atoms with Crippen molar-refractivity contribution >= 4 is 17.6 Å². The summed E-state index contributed by atoms with van der Waals surface area (Å²) in [6.45, 7) is 3.36. The van der Waals surface area contributed by atoms with Crippen LogP contribution in [0.4, 0.5) is 0 Å². The summed E-state index contributed by atoms with van der Waals surface area (Å²) in [7, 11) is 0. The van der Waals surface area contributed by atoms with Gasteiger partial charge in [0.25, 0.3) is 11.8 Å². The van der Waals surface area contributed by atoms with E-state index in [0.717, 1.165) is 0 Å². The monoisotopic (exact) mass is 174 g/mol. The molecule has 0 fully saturated rings. The molecule has 0 spiro atoms. The number of carbonyl (C=O) groups excluding carboxylic acids is 2. The van der Waals surface area contributed by atoms with E-state index in [1.165, 1.54) is 4.90 Å². The molecule has 0 saturated carbocycles. The topological polar surface area (TPSA) is 49.7 Å². The number of allylic oxidation sites excluding steroid dienone is 2. The van der Waals surface area contributed by atoms with Gasteiger partial charge in [0, 0.05) is 6.20 Å². The van der Waals surface area contributed by atoms with Crippen LogP contribution in [-0.2, 0) is 9.59 Å². The molecule has 13 heavy (non-hydrogen) atoms. The molecule has 0 radical (unpaired) electrons. The highest BCUT2D eigenvalue weighted by atomic mass is 16.2. The minimum Gasteiger partial charge on any atom is -0.268 e. The Morgan fingerprint density at radius 1 is 1.31 bits per heavy atom. The van der Waals surface area contributed by atoms with Crippen molar-refractivity contribution in [1.82, 2.24) is 4.90 Å². The normalized spacial score (nSPS) is 20.5. The van der Waals surface area contributed by atoms with E-state index in [1.54, 1.807) is 24.4 Å². The van der Waals surface area contributed by atoms with Crippen LogP contribution in [0.3, 0.4) is 0 Å². The molecule has 0 aromatic carbocycles. The van der Waals surface area contributed by atoms with E-state index < -0.39 is 11.8 Å². The Hall–Kier alpha value is -1.97. The molecule has 2 amide bonds. The summed E-state index contributed by atoms with van der Waals surface area (Å²) in [5.41, 5.74) is -0.0938. The molecule has 0 atom stereocenters. The molecule has 4 nitrogen and oxygen atoms in total. The Bertz CT molecular complexity index is 402. The van der Waals surface area contributed by atoms with Crippen LogP contribution in [0.5, 0.6) is 0 Å². The van der Waals surface area contributed by atoms with Crippen molar-refractivity contribution in [3.05, 3.63) is 36.6 Å². The van der Waals surface area contributed by atoms with Crippen molar-refractivity contribution < 1.29 is 9.59 Å². The van der Waals surface area contributed by atoms with E-state index in [1.807, 2.05) is 0 Å². The maximum atomic E-state index is 11.4. The third-order valence-electron chi connectivity index (χ3n) is 1.79. The molecule has 2 rings (SSSR count). The third kappa shape index (κ3) is 1.03. The average Bonchev–Trinajstić information content (AvgIpc) is 2.15. The van der Waals surface area contributed by atoms with Gasteiger partial charge in [-0.2, -0.15) is 4.99 Å². The molecule has 4 heteroatoms. The highest BCUT2D eigenvalue weighted by Gasteiger charge is 2.29. The van der Waals surface area contributed by atoms with Gasteiger partial charge < -0.3 is 0 Å². The van der Waals surface area contributed by atoms with E-state index in [-0.39, 0.29) is 5.57 Å². The predicted molar refractivity (Wildman–Crippen MR) is 46.7 cm³/mol. The molecule has 0 saturated heterocycles. The Morgan fingerprint density at radius 2 is 2.08 bits per heavy atom. The maximum Gasteiger partial charge on any atom is 0.283 e. The van der Waals surface area contributed by atoms with Gasteiger partial charge in [-0.15, -0.1) is 0 Å². The molecule has 0 bridgehead atoms. The minimum absolute atomic E-state index is 0.0938. The quantitative estimate of drug-likeness (QED) is 0.394. The molecule has 0 aliphatic carbocycles.